The Morgan fingerprint density at radius 1 is 0.969 bits per heavy atom. The molecule has 0 saturated carbocycles. The van der Waals surface area contributed by atoms with Gasteiger partial charge in [0, 0.05) is 29.3 Å². The molecule has 32 heavy (non-hydrogen) atoms. The highest BCUT2D eigenvalue weighted by atomic mass is 35.5. The first-order valence-electron chi connectivity index (χ1n) is 10.5. The normalized spacial score (nSPS) is 14.3. The molecule has 0 fully saturated rings. The minimum atomic E-state index is -3.20. The van der Waals surface area contributed by atoms with Crippen LogP contribution in [0, 0.1) is 11.3 Å². The van der Waals surface area contributed by atoms with Gasteiger partial charge in [-0.25, -0.2) is 8.42 Å². The maximum absolute atomic E-state index is 12.2. The lowest BCUT2D eigenvalue weighted by molar-refractivity contribution is 0.413. The Hall–Kier alpha value is -2.65. The molecule has 0 radical (unpaired) electrons. The number of hydrogen-bond acceptors (Lipinski definition) is 4. The average molecular weight is 467 g/mol. The van der Waals surface area contributed by atoms with Crippen molar-refractivity contribution in [1.82, 2.24) is 5.32 Å². The number of nitrogens with one attached hydrogen (secondary N) is 1. The highest BCUT2D eigenvalue weighted by Gasteiger charge is 2.25. The summed E-state index contributed by atoms with van der Waals surface area (Å²) in [5.41, 5.74) is 3.69. The van der Waals surface area contributed by atoms with Crippen LogP contribution < -0.4 is 5.32 Å². The van der Waals surface area contributed by atoms with Crippen LogP contribution >= 0.6 is 11.6 Å². The van der Waals surface area contributed by atoms with Crippen LogP contribution in [0.15, 0.2) is 78.9 Å². The van der Waals surface area contributed by atoms with E-state index in [1.54, 1.807) is 6.07 Å². The summed E-state index contributed by atoms with van der Waals surface area (Å²) in [6.45, 7) is 2.07. The summed E-state index contributed by atoms with van der Waals surface area (Å²) in [4.78, 5) is 0. The van der Waals surface area contributed by atoms with Crippen LogP contribution in [0.4, 0.5) is 0 Å². The van der Waals surface area contributed by atoms with Crippen LogP contribution in [0.25, 0.3) is 0 Å². The molecule has 0 heterocycles. The Morgan fingerprint density at radius 2 is 1.62 bits per heavy atom. The molecule has 1 unspecified atom stereocenters. The molecular formula is C26H27ClN2O2S. The molecule has 3 aromatic carbocycles. The fourth-order valence-electron chi connectivity index (χ4n) is 3.96. The predicted molar refractivity (Wildman–Crippen MR) is 131 cm³/mol. The summed E-state index contributed by atoms with van der Waals surface area (Å²) in [5, 5.41) is 13.6. The van der Waals surface area contributed by atoms with Gasteiger partial charge in [0.25, 0.3) is 0 Å². The van der Waals surface area contributed by atoms with Gasteiger partial charge in [0.05, 0.1) is 17.4 Å². The Kier molecular flexibility index (Phi) is 8.09. The molecule has 4 nitrogen and oxygen atoms in total. The third-order valence-electron chi connectivity index (χ3n) is 5.55. The van der Waals surface area contributed by atoms with Gasteiger partial charge in [-0.2, -0.15) is 5.26 Å². The SMILES string of the molecule is C[C@H](N[C@H](CS(C)(=O)=O)c1ccccc1)C(Cc1ccc(Cl)cc1)c1cccc(C#N)c1. The first kappa shape index (κ1) is 24.0. The summed E-state index contributed by atoms with van der Waals surface area (Å²) < 4.78 is 24.3. The minimum absolute atomic E-state index is 0.00720. The van der Waals surface area contributed by atoms with E-state index in [4.69, 9.17) is 11.6 Å². The van der Waals surface area contributed by atoms with Gasteiger partial charge in [-0.15, -0.1) is 0 Å². The van der Waals surface area contributed by atoms with E-state index in [0.29, 0.717) is 10.6 Å². The Balaban J connectivity index is 1.94. The number of nitriles is 1. The molecule has 3 rings (SSSR count). The molecule has 1 N–H and O–H groups in total. The van der Waals surface area contributed by atoms with Crippen LogP contribution in [0.1, 0.15) is 41.1 Å². The van der Waals surface area contributed by atoms with E-state index in [1.807, 2.05) is 72.8 Å². The molecule has 166 valence electrons. The van der Waals surface area contributed by atoms with Crippen molar-refractivity contribution in [2.75, 3.05) is 12.0 Å². The second-order valence-corrected chi connectivity index (χ2v) is 10.8. The van der Waals surface area contributed by atoms with Crippen LogP contribution in [0.5, 0.6) is 0 Å². The fraction of sp³-hybridized carbons (Fsp3) is 0.269. The first-order valence-corrected chi connectivity index (χ1v) is 12.9. The number of nitrogens with zero attached hydrogens (tertiary/aromatic N) is 1. The van der Waals surface area contributed by atoms with Gasteiger partial charge >= 0.3 is 0 Å². The first-order chi connectivity index (χ1) is 15.2. The molecule has 0 aliphatic heterocycles. The summed E-state index contributed by atoms with van der Waals surface area (Å²) >= 11 is 6.06. The van der Waals surface area contributed by atoms with E-state index < -0.39 is 9.84 Å². The summed E-state index contributed by atoms with van der Waals surface area (Å²) in [6, 6.07) is 26.8. The van der Waals surface area contributed by atoms with Gasteiger partial charge in [0.15, 0.2) is 0 Å². The molecule has 3 atom stereocenters. The molecule has 6 heteroatoms. The third-order valence-corrected chi connectivity index (χ3v) is 6.74. The maximum Gasteiger partial charge on any atom is 0.149 e. The quantitative estimate of drug-likeness (QED) is 0.464. The average Bonchev–Trinajstić information content (AvgIpc) is 2.78. The smallest absolute Gasteiger partial charge is 0.149 e. The number of hydrogen-bond donors (Lipinski definition) is 1. The number of halogens is 1. The standard InChI is InChI=1S/C26H27ClN2O2S/c1-19(29-26(18-32(2,30)31)22-8-4-3-5-9-22)25(16-20-11-13-24(27)14-12-20)23-10-6-7-21(15-23)17-28/h3-15,19,25-26,29H,16,18H2,1-2H3/t19-,25?,26+/m0/s1. The lowest BCUT2D eigenvalue weighted by Gasteiger charge is -2.30. The molecule has 0 bridgehead atoms. The lowest BCUT2D eigenvalue weighted by Crippen LogP contribution is -2.39. The second-order valence-electron chi connectivity index (χ2n) is 8.19. The van der Waals surface area contributed by atoms with Crippen molar-refractivity contribution in [3.63, 3.8) is 0 Å². The predicted octanol–water partition coefficient (Wildman–Crippen LogP) is 5.30. The van der Waals surface area contributed by atoms with Crippen LogP contribution in [0.3, 0.4) is 0 Å². The highest BCUT2D eigenvalue weighted by Crippen LogP contribution is 2.28. The van der Waals surface area contributed by atoms with Crippen molar-refractivity contribution in [2.45, 2.75) is 31.3 Å². The third kappa shape index (κ3) is 6.93. The highest BCUT2D eigenvalue weighted by molar-refractivity contribution is 7.90. The number of sulfone groups is 1. The fourth-order valence-corrected chi connectivity index (χ4v) is 4.98. The van der Waals surface area contributed by atoms with Crippen molar-refractivity contribution in [1.29, 1.82) is 5.26 Å². The summed E-state index contributed by atoms with van der Waals surface area (Å²) in [7, 11) is -3.20. The van der Waals surface area contributed by atoms with E-state index >= 15 is 0 Å². The Morgan fingerprint density at radius 3 is 2.25 bits per heavy atom. The molecule has 0 aromatic heterocycles. The molecule has 3 aromatic rings. The van der Waals surface area contributed by atoms with Crippen LogP contribution in [-0.4, -0.2) is 26.5 Å². The van der Waals surface area contributed by atoms with Crippen molar-refractivity contribution < 1.29 is 8.42 Å². The van der Waals surface area contributed by atoms with Crippen molar-refractivity contribution in [3.8, 4) is 6.07 Å². The minimum Gasteiger partial charge on any atom is -0.306 e. The van der Waals surface area contributed by atoms with Gasteiger partial charge in [-0.3, -0.25) is 0 Å². The van der Waals surface area contributed by atoms with Gasteiger partial charge in [0.2, 0.25) is 0 Å². The van der Waals surface area contributed by atoms with E-state index in [1.165, 1.54) is 6.26 Å². The monoisotopic (exact) mass is 466 g/mol. The summed E-state index contributed by atoms with van der Waals surface area (Å²) in [5.74, 6) is 0.0306. The van der Waals surface area contributed by atoms with Gasteiger partial charge in [0.1, 0.15) is 9.84 Å². The van der Waals surface area contributed by atoms with Crippen molar-refractivity contribution in [3.05, 3.63) is 106 Å². The van der Waals surface area contributed by atoms with Crippen molar-refractivity contribution in [2.24, 2.45) is 0 Å². The maximum atomic E-state index is 12.2. The lowest BCUT2D eigenvalue weighted by atomic mass is 9.85. The van der Waals surface area contributed by atoms with Crippen LogP contribution in [0.2, 0.25) is 5.02 Å². The zero-order valence-corrected chi connectivity index (χ0v) is 19.8. The zero-order valence-electron chi connectivity index (χ0n) is 18.2. The van der Waals surface area contributed by atoms with Gasteiger partial charge in [-0.05, 0) is 54.3 Å². The van der Waals surface area contributed by atoms with E-state index in [9.17, 15) is 13.7 Å². The number of rotatable bonds is 9. The summed E-state index contributed by atoms with van der Waals surface area (Å²) in [6.07, 6.45) is 1.98. The largest absolute Gasteiger partial charge is 0.306 e. The number of benzene rings is 3. The molecule has 0 saturated heterocycles. The van der Waals surface area contributed by atoms with E-state index in [-0.39, 0.29) is 23.8 Å². The Labute approximate surface area is 195 Å². The van der Waals surface area contributed by atoms with E-state index in [0.717, 1.165) is 23.1 Å². The molecule has 0 aliphatic rings. The molecule has 0 spiro atoms. The van der Waals surface area contributed by atoms with E-state index in [2.05, 4.69) is 18.3 Å². The molecule has 0 aliphatic carbocycles. The topological polar surface area (TPSA) is 70.0 Å². The van der Waals surface area contributed by atoms with Gasteiger partial charge < -0.3 is 5.32 Å². The van der Waals surface area contributed by atoms with Crippen molar-refractivity contribution >= 4 is 21.4 Å². The second kappa shape index (κ2) is 10.8. The van der Waals surface area contributed by atoms with Gasteiger partial charge in [-0.1, -0.05) is 66.2 Å². The van der Waals surface area contributed by atoms with Crippen LogP contribution in [-0.2, 0) is 16.3 Å². The Bertz CT molecular complexity index is 1170. The zero-order chi connectivity index (χ0) is 23.1. The molecular weight excluding hydrogens is 440 g/mol. The molecule has 0 amide bonds.